The molecule has 3 rings (SSSR count). The van der Waals surface area contributed by atoms with Gasteiger partial charge in [-0.25, -0.2) is 0 Å². The van der Waals surface area contributed by atoms with Gasteiger partial charge in [0.15, 0.2) is 5.78 Å². The highest BCUT2D eigenvalue weighted by atomic mass is 16.5. The average Bonchev–Trinajstić information content (AvgIpc) is 3.16. The van der Waals surface area contributed by atoms with E-state index in [-0.39, 0.29) is 18.2 Å². The van der Waals surface area contributed by atoms with Gasteiger partial charge in [-0.15, -0.1) is 10.2 Å². The second kappa shape index (κ2) is 8.22. The first-order valence-corrected chi connectivity index (χ1v) is 8.45. The molecule has 8 heteroatoms. The van der Waals surface area contributed by atoms with E-state index in [1.54, 1.807) is 50.4 Å². The third-order valence-corrected chi connectivity index (χ3v) is 3.91. The lowest BCUT2D eigenvalue weighted by atomic mass is 10.1. The van der Waals surface area contributed by atoms with Crippen LogP contribution in [0.3, 0.4) is 0 Å². The highest BCUT2D eigenvalue weighted by Gasteiger charge is 2.14. The van der Waals surface area contributed by atoms with Gasteiger partial charge in [0.1, 0.15) is 12.3 Å². The summed E-state index contributed by atoms with van der Waals surface area (Å²) >= 11 is 0. The highest BCUT2D eigenvalue weighted by Crippen LogP contribution is 2.24. The van der Waals surface area contributed by atoms with Crippen molar-refractivity contribution in [2.24, 2.45) is 0 Å². The van der Waals surface area contributed by atoms with Crippen molar-refractivity contribution >= 4 is 17.4 Å². The van der Waals surface area contributed by atoms with Crippen molar-refractivity contribution in [3.8, 4) is 17.1 Å². The summed E-state index contributed by atoms with van der Waals surface area (Å²) in [4.78, 5) is 25.3. The quantitative estimate of drug-likeness (QED) is 0.646. The van der Waals surface area contributed by atoms with Crippen molar-refractivity contribution in [2.75, 3.05) is 12.4 Å². The van der Waals surface area contributed by atoms with Gasteiger partial charge in [0.2, 0.25) is 11.7 Å². The van der Waals surface area contributed by atoms with E-state index in [0.29, 0.717) is 34.8 Å². The Morgan fingerprint density at radius 1 is 1.11 bits per heavy atom. The topological polar surface area (TPSA) is 99.0 Å². The molecule has 0 saturated heterocycles. The lowest BCUT2D eigenvalue weighted by molar-refractivity contribution is -0.115. The highest BCUT2D eigenvalue weighted by molar-refractivity contribution is 5.96. The molecule has 0 radical (unpaired) electrons. The first kappa shape index (κ1) is 18.2. The first-order valence-electron chi connectivity index (χ1n) is 8.45. The Morgan fingerprint density at radius 2 is 1.85 bits per heavy atom. The van der Waals surface area contributed by atoms with E-state index >= 15 is 0 Å². The Bertz CT molecular complexity index is 950. The number of benzene rings is 2. The SMILES string of the molecule is CCC(=O)Nc1ccccc1-c1nnn(CC(=O)c2ccc(OC)cc2)n1. The molecule has 1 heterocycles. The molecule has 0 aliphatic heterocycles. The minimum atomic E-state index is -0.144. The van der Waals surface area contributed by atoms with Crippen molar-refractivity contribution < 1.29 is 14.3 Å². The number of rotatable bonds is 7. The van der Waals surface area contributed by atoms with Crippen LogP contribution in [-0.4, -0.2) is 39.0 Å². The third-order valence-electron chi connectivity index (χ3n) is 3.91. The molecule has 0 bridgehead atoms. The standard InChI is InChI=1S/C19H19N5O3/c1-3-18(26)20-16-7-5-4-6-15(16)19-21-23-24(22-19)12-17(25)13-8-10-14(27-2)11-9-13/h4-11H,3,12H2,1-2H3,(H,20,26). The smallest absolute Gasteiger partial charge is 0.224 e. The van der Waals surface area contributed by atoms with Crippen LogP contribution in [0.5, 0.6) is 5.75 Å². The number of anilines is 1. The fraction of sp³-hybridized carbons (Fsp3) is 0.211. The van der Waals surface area contributed by atoms with E-state index in [0.717, 1.165) is 0 Å². The van der Waals surface area contributed by atoms with Crippen molar-refractivity contribution in [3.63, 3.8) is 0 Å². The van der Waals surface area contributed by atoms with Gasteiger partial charge >= 0.3 is 0 Å². The van der Waals surface area contributed by atoms with Crippen molar-refractivity contribution in [1.82, 2.24) is 20.2 Å². The lowest BCUT2D eigenvalue weighted by Gasteiger charge is -2.07. The number of ketones is 1. The number of hydrogen-bond donors (Lipinski definition) is 1. The molecule has 0 fully saturated rings. The first-order chi connectivity index (χ1) is 13.1. The van der Waals surface area contributed by atoms with Crippen LogP contribution in [0.2, 0.25) is 0 Å². The zero-order valence-corrected chi connectivity index (χ0v) is 15.0. The summed E-state index contributed by atoms with van der Waals surface area (Å²) in [6, 6.07) is 14.0. The van der Waals surface area contributed by atoms with Gasteiger partial charge in [0.05, 0.1) is 12.8 Å². The molecule has 3 aromatic rings. The number of carbonyl (C=O) groups is 2. The van der Waals surface area contributed by atoms with Crippen LogP contribution in [-0.2, 0) is 11.3 Å². The Labute approximate surface area is 156 Å². The molecular weight excluding hydrogens is 346 g/mol. The summed E-state index contributed by atoms with van der Waals surface area (Å²) in [6.07, 6.45) is 0.366. The Balaban J connectivity index is 1.77. The van der Waals surface area contributed by atoms with Gasteiger partial charge in [-0.2, -0.15) is 4.80 Å². The van der Waals surface area contributed by atoms with Gasteiger partial charge in [-0.1, -0.05) is 19.1 Å². The molecule has 1 aromatic heterocycles. The summed E-state index contributed by atoms with van der Waals surface area (Å²) in [7, 11) is 1.57. The number of Topliss-reactive ketones (excluding diaryl/α,β-unsaturated/α-hetero) is 1. The summed E-state index contributed by atoms with van der Waals surface area (Å²) in [5.74, 6) is 0.765. The molecule has 0 saturated carbocycles. The number of amides is 1. The van der Waals surface area contributed by atoms with E-state index in [2.05, 4.69) is 20.7 Å². The molecule has 0 spiro atoms. The fourth-order valence-electron chi connectivity index (χ4n) is 2.44. The Kier molecular flexibility index (Phi) is 5.55. The molecule has 138 valence electrons. The molecule has 0 aliphatic carbocycles. The van der Waals surface area contributed by atoms with Crippen LogP contribution in [0.4, 0.5) is 5.69 Å². The molecule has 27 heavy (non-hydrogen) atoms. The van der Waals surface area contributed by atoms with Crippen LogP contribution < -0.4 is 10.1 Å². The maximum absolute atomic E-state index is 12.4. The summed E-state index contributed by atoms with van der Waals surface area (Å²) in [5, 5.41) is 15.0. The van der Waals surface area contributed by atoms with E-state index in [9.17, 15) is 9.59 Å². The summed E-state index contributed by atoms with van der Waals surface area (Å²) < 4.78 is 5.09. The Morgan fingerprint density at radius 3 is 2.56 bits per heavy atom. The summed E-state index contributed by atoms with van der Waals surface area (Å²) in [6.45, 7) is 1.74. The van der Waals surface area contributed by atoms with E-state index < -0.39 is 0 Å². The Hall–Kier alpha value is -3.55. The largest absolute Gasteiger partial charge is 0.497 e. The van der Waals surface area contributed by atoms with E-state index in [1.165, 1.54) is 4.80 Å². The molecule has 0 unspecified atom stereocenters. The number of nitrogens with one attached hydrogen (secondary N) is 1. The maximum atomic E-state index is 12.4. The van der Waals surface area contributed by atoms with Crippen LogP contribution in [0.1, 0.15) is 23.7 Å². The molecule has 1 N–H and O–H groups in total. The predicted octanol–water partition coefficient (Wildman–Crippen LogP) is 2.58. The predicted molar refractivity (Wildman–Crippen MR) is 99.5 cm³/mol. The monoisotopic (exact) mass is 365 g/mol. The van der Waals surface area contributed by atoms with Gasteiger partial charge in [-0.05, 0) is 41.6 Å². The normalized spacial score (nSPS) is 10.4. The summed E-state index contributed by atoms with van der Waals surface area (Å²) in [5.41, 5.74) is 1.78. The molecule has 8 nitrogen and oxygen atoms in total. The molecule has 0 aliphatic rings. The number of tetrazole rings is 1. The second-order valence-electron chi connectivity index (χ2n) is 5.74. The average molecular weight is 365 g/mol. The molecular formula is C19H19N5O3. The number of methoxy groups -OCH3 is 1. The third kappa shape index (κ3) is 4.35. The number of para-hydroxylation sites is 1. The number of nitrogens with zero attached hydrogens (tertiary/aromatic N) is 4. The fourth-order valence-corrected chi connectivity index (χ4v) is 2.44. The van der Waals surface area contributed by atoms with Gasteiger partial charge in [0, 0.05) is 17.5 Å². The van der Waals surface area contributed by atoms with Crippen LogP contribution in [0.15, 0.2) is 48.5 Å². The van der Waals surface area contributed by atoms with E-state index in [4.69, 9.17) is 4.74 Å². The zero-order valence-electron chi connectivity index (χ0n) is 15.0. The van der Waals surface area contributed by atoms with E-state index in [1.807, 2.05) is 12.1 Å². The molecule has 1 amide bonds. The number of carbonyl (C=O) groups excluding carboxylic acids is 2. The molecule has 2 aromatic carbocycles. The van der Waals surface area contributed by atoms with Crippen molar-refractivity contribution in [1.29, 1.82) is 0 Å². The van der Waals surface area contributed by atoms with Crippen LogP contribution in [0, 0.1) is 0 Å². The van der Waals surface area contributed by atoms with Gasteiger partial charge in [0.25, 0.3) is 0 Å². The maximum Gasteiger partial charge on any atom is 0.224 e. The minimum Gasteiger partial charge on any atom is -0.497 e. The molecule has 0 atom stereocenters. The number of hydrogen-bond acceptors (Lipinski definition) is 6. The number of ether oxygens (including phenoxy) is 1. The minimum absolute atomic E-state index is 0.0389. The van der Waals surface area contributed by atoms with Crippen molar-refractivity contribution in [2.45, 2.75) is 19.9 Å². The number of aromatic nitrogens is 4. The van der Waals surface area contributed by atoms with Gasteiger partial charge in [-0.3, -0.25) is 9.59 Å². The van der Waals surface area contributed by atoms with Crippen molar-refractivity contribution in [3.05, 3.63) is 54.1 Å². The lowest BCUT2D eigenvalue weighted by Crippen LogP contribution is -2.13. The zero-order chi connectivity index (χ0) is 19.2. The van der Waals surface area contributed by atoms with Crippen LogP contribution in [0.25, 0.3) is 11.4 Å². The van der Waals surface area contributed by atoms with Crippen LogP contribution >= 0.6 is 0 Å². The second-order valence-corrected chi connectivity index (χ2v) is 5.74. The van der Waals surface area contributed by atoms with Gasteiger partial charge < -0.3 is 10.1 Å².